The molecule has 2 heterocycles. The normalized spacial score (nSPS) is 36.8. The van der Waals surface area contributed by atoms with E-state index in [-0.39, 0.29) is 45.5 Å². The number of nitrogens with zero attached hydrogens (tertiary/aromatic N) is 3. The van der Waals surface area contributed by atoms with Gasteiger partial charge >= 0.3 is 11.9 Å². The second-order valence-electron chi connectivity index (χ2n) is 19.6. The number of aromatic nitrogens is 3. The first kappa shape index (κ1) is 37.0. The van der Waals surface area contributed by atoms with E-state index in [4.69, 9.17) is 9.15 Å². The number of carboxylic acid groups (broad SMARTS) is 1. The highest BCUT2D eigenvalue weighted by Gasteiger charge is 2.70. The molecule has 4 fully saturated rings. The molecule has 0 spiro atoms. The first-order valence-electron chi connectivity index (χ1n) is 19.7. The minimum Gasteiger partial charge on any atom is -0.481 e. The summed E-state index contributed by atoms with van der Waals surface area (Å²) in [5.41, 5.74) is 1.79. The number of ether oxygens (including phenoxy) is 1. The van der Waals surface area contributed by atoms with Gasteiger partial charge in [0, 0.05) is 41.6 Å². The van der Waals surface area contributed by atoms with Crippen LogP contribution < -0.4 is 0 Å². The van der Waals surface area contributed by atoms with Gasteiger partial charge in [-0.05, 0) is 123 Å². The number of hydrogen-bond donors (Lipinski definition) is 1. The summed E-state index contributed by atoms with van der Waals surface area (Å²) in [7, 11) is 0. The third-order valence-corrected chi connectivity index (χ3v) is 15.8. The predicted octanol–water partition coefficient (Wildman–Crippen LogP) is 9.07. The second-order valence-corrected chi connectivity index (χ2v) is 19.6. The number of Topliss-reactive ketones (excluding diaryl/α,β-unsaturated/α-hetero) is 1. The maximum atomic E-state index is 14.1. The quantitative estimate of drug-likeness (QED) is 0.266. The van der Waals surface area contributed by atoms with Crippen molar-refractivity contribution < 1.29 is 28.6 Å². The number of carboxylic acids is 1. The Hall–Kier alpha value is -3.36. The first-order chi connectivity index (χ1) is 24.3. The summed E-state index contributed by atoms with van der Waals surface area (Å²) in [5, 5.41) is 18.5. The molecule has 5 aliphatic carbocycles. The molecular formula is C43H59N3O6. The van der Waals surface area contributed by atoms with Crippen molar-refractivity contribution >= 4 is 17.7 Å². The molecule has 8 atom stereocenters. The van der Waals surface area contributed by atoms with Crippen LogP contribution in [0.3, 0.4) is 0 Å². The van der Waals surface area contributed by atoms with E-state index in [1.54, 1.807) is 26.2 Å². The van der Waals surface area contributed by atoms with Crippen molar-refractivity contribution in [3.05, 3.63) is 41.6 Å². The van der Waals surface area contributed by atoms with E-state index in [1.165, 1.54) is 5.57 Å². The Labute approximate surface area is 309 Å². The molecule has 9 nitrogen and oxygen atoms in total. The van der Waals surface area contributed by atoms with Gasteiger partial charge in [-0.1, -0.05) is 54.0 Å². The Balaban J connectivity index is 1.18. The Bertz CT molecular complexity index is 1790. The maximum absolute atomic E-state index is 14.1. The van der Waals surface area contributed by atoms with E-state index in [2.05, 4.69) is 63.6 Å². The van der Waals surface area contributed by atoms with Crippen molar-refractivity contribution in [3.63, 3.8) is 0 Å². The Morgan fingerprint density at radius 2 is 1.65 bits per heavy atom. The molecule has 0 bridgehead atoms. The molecule has 5 aliphatic rings. The minimum absolute atomic E-state index is 0.0282. The van der Waals surface area contributed by atoms with Crippen molar-refractivity contribution in [1.82, 2.24) is 15.2 Å². The monoisotopic (exact) mass is 713 g/mol. The number of esters is 1. The fourth-order valence-electron chi connectivity index (χ4n) is 13.0. The summed E-state index contributed by atoms with van der Waals surface area (Å²) in [6.45, 7) is 19.8. The molecule has 7 rings (SSSR count). The van der Waals surface area contributed by atoms with Gasteiger partial charge in [0.1, 0.15) is 6.10 Å². The van der Waals surface area contributed by atoms with Crippen LogP contribution in [0.15, 0.2) is 40.1 Å². The van der Waals surface area contributed by atoms with Crippen LogP contribution >= 0.6 is 0 Å². The molecule has 282 valence electrons. The standard InChI is InChI=1S/C43H59N3O6/c1-25(2)34-28(47)22-43(23-32-45-46-36(52-32)26-14-20-44-21-15-26)19-18-41(8)27(35(34)43)10-11-30-40(7)16-13-31(51-33(48)24-38(3,4)37(49)50)39(5,6)29(40)12-17-42(30,41)9/h14-15,20-21,25,27,29-31H,10-13,16-19,22-24H2,1-9H3,(H,49,50)/t27-,29+,30-,31+,40+,41-,42-,43+/m1/s1. The second kappa shape index (κ2) is 12.3. The third kappa shape index (κ3) is 5.44. The predicted molar refractivity (Wildman–Crippen MR) is 197 cm³/mol. The Morgan fingerprint density at radius 3 is 2.33 bits per heavy atom. The van der Waals surface area contributed by atoms with Gasteiger partial charge in [0.15, 0.2) is 5.78 Å². The zero-order valence-electron chi connectivity index (χ0n) is 32.8. The fraction of sp³-hybridized carbons (Fsp3) is 0.721. The molecule has 0 aliphatic heterocycles. The number of carbonyl (C=O) groups is 3. The molecule has 9 heteroatoms. The van der Waals surface area contributed by atoms with E-state index >= 15 is 0 Å². The van der Waals surface area contributed by atoms with Gasteiger partial charge < -0.3 is 14.3 Å². The lowest BCUT2D eigenvalue weighted by molar-refractivity contribution is -0.233. The van der Waals surface area contributed by atoms with Gasteiger partial charge in [-0.2, -0.15) is 0 Å². The highest BCUT2D eigenvalue weighted by molar-refractivity contribution is 6.00. The number of hydrogen-bond acceptors (Lipinski definition) is 8. The van der Waals surface area contributed by atoms with Gasteiger partial charge in [-0.25, -0.2) is 0 Å². The molecule has 1 N–H and O–H groups in total. The van der Waals surface area contributed by atoms with Crippen molar-refractivity contribution in [2.45, 2.75) is 139 Å². The average Bonchev–Trinajstić information content (AvgIpc) is 3.64. The number of carbonyl (C=O) groups excluding carboxylic acids is 2. The van der Waals surface area contributed by atoms with Crippen LogP contribution in [0.4, 0.5) is 0 Å². The lowest BCUT2D eigenvalue weighted by Gasteiger charge is -2.72. The third-order valence-electron chi connectivity index (χ3n) is 15.8. The number of rotatable bonds is 8. The van der Waals surface area contributed by atoms with Crippen LogP contribution in [-0.4, -0.2) is 44.1 Å². The zero-order chi connectivity index (χ0) is 37.6. The Kier molecular flexibility index (Phi) is 8.77. The summed E-state index contributed by atoms with van der Waals surface area (Å²) in [6, 6.07) is 3.75. The molecular weight excluding hydrogens is 654 g/mol. The van der Waals surface area contributed by atoms with Crippen LogP contribution in [0.25, 0.3) is 11.5 Å². The number of pyridine rings is 1. The van der Waals surface area contributed by atoms with Gasteiger partial charge in [0.05, 0.1) is 11.8 Å². The minimum atomic E-state index is -1.16. The van der Waals surface area contributed by atoms with Crippen molar-refractivity contribution in [2.24, 2.45) is 56.2 Å². The first-order valence-corrected chi connectivity index (χ1v) is 19.7. The molecule has 52 heavy (non-hydrogen) atoms. The summed E-state index contributed by atoms with van der Waals surface area (Å²) in [4.78, 5) is 43.0. The van der Waals surface area contributed by atoms with Crippen LogP contribution in [0.2, 0.25) is 0 Å². The number of allylic oxidation sites excluding steroid dienone is 2. The molecule has 0 saturated heterocycles. The number of aliphatic carboxylic acids is 1. The molecule has 2 aromatic heterocycles. The lowest BCUT2D eigenvalue weighted by Crippen LogP contribution is -2.65. The number of ketones is 1. The molecule has 0 radical (unpaired) electrons. The van der Waals surface area contributed by atoms with Crippen molar-refractivity contribution in [1.29, 1.82) is 0 Å². The van der Waals surface area contributed by atoms with Crippen molar-refractivity contribution in [2.75, 3.05) is 0 Å². The highest BCUT2D eigenvalue weighted by Crippen LogP contribution is 2.77. The highest BCUT2D eigenvalue weighted by atomic mass is 16.5. The largest absolute Gasteiger partial charge is 0.481 e. The topological polar surface area (TPSA) is 132 Å². The lowest BCUT2D eigenvalue weighted by atomic mass is 9.33. The molecule has 0 amide bonds. The summed E-state index contributed by atoms with van der Waals surface area (Å²) < 4.78 is 12.5. The van der Waals surface area contributed by atoms with E-state index in [0.29, 0.717) is 48.2 Å². The van der Waals surface area contributed by atoms with Crippen LogP contribution in [-0.2, 0) is 25.5 Å². The van der Waals surface area contributed by atoms with E-state index in [0.717, 1.165) is 62.5 Å². The average molecular weight is 714 g/mol. The maximum Gasteiger partial charge on any atom is 0.309 e. The molecule has 2 aromatic rings. The smallest absolute Gasteiger partial charge is 0.309 e. The Morgan fingerprint density at radius 1 is 0.942 bits per heavy atom. The van der Waals surface area contributed by atoms with Gasteiger partial charge in [0.2, 0.25) is 11.8 Å². The van der Waals surface area contributed by atoms with Crippen LogP contribution in [0.1, 0.15) is 132 Å². The SMILES string of the molecule is CC(C)C1=C2[C@H]3CC[C@@H]4[C@@]5(C)CC[C@H](OC(=O)CC(C)(C)C(=O)O)C(C)(C)[C@@H]5CC[C@@]4(C)[C@]3(C)CC[C@@]2(Cc2nnc(-c3ccncc3)o2)CC1=O. The van der Waals surface area contributed by atoms with Crippen LogP contribution in [0, 0.1) is 56.2 Å². The van der Waals surface area contributed by atoms with E-state index < -0.39 is 17.4 Å². The van der Waals surface area contributed by atoms with Gasteiger partial charge in [-0.3, -0.25) is 19.4 Å². The summed E-state index contributed by atoms with van der Waals surface area (Å²) >= 11 is 0. The summed E-state index contributed by atoms with van der Waals surface area (Å²) in [5.74, 6) is 1.35. The van der Waals surface area contributed by atoms with Gasteiger partial charge in [-0.15, -0.1) is 10.2 Å². The van der Waals surface area contributed by atoms with Crippen molar-refractivity contribution in [3.8, 4) is 11.5 Å². The number of fused-ring (bicyclic) bond motifs is 7. The summed E-state index contributed by atoms with van der Waals surface area (Å²) in [6.07, 6.45) is 12.3. The molecule has 0 aromatic carbocycles. The van der Waals surface area contributed by atoms with Crippen LogP contribution in [0.5, 0.6) is 0 Å². The van der Waals surface area contributed by atoms with E-state index in [1.807, 2.05) is 12.1 Å². The van der Waals surface area contributed by atoms with E-state index in [9.17, 15) is 19.5 Å². The molecule has 4 saturated carbocycles. The fourth-order valence-corrected chi connectivity index (χ4v) is 13.0. The zero-order valence-corrected chi connectivity index (χ0v) is 32.8. The van der Waals surface area contributed by atoms with Gasteiger partial charge in [0.25, 0.3) is 0 Å². The molecule has 0 unspecified atom stereocenters.